The SMILES string of the molecule is C\C=C(/N=C/C=C(\C)CCC)C(C)C. The first-order valence-electron chi connectivity index (χ1n) is 5.47. The molecule has 0 bridgehead atoms. The number of rotatable bonds is 5. The molecule has 0 aromatic heterocycles. The second-order valence-corrected chi connectivity index (χ2v) is 3.91. The summed E-state index contributed by atoms with van der Waals surface area (Å²) in [6, 6.07) is 0. The Labute approximate surface area is 88.6 Å². The summed E-state index contributed by atoms with van der Waals surface area (Å²) < 4.78 is 0. The second-order valence-electron chi connectivity index (χ2n) is 3.91. The molecule has 0 amide bonds. The molecule has 0 fully saturated rings. The number of nitrogens with zero attached hydrogens (tertiary/aromatic N) is 1. The van der Waals surface area contributed by atoms with Gasteiger partial charge in [-0.2, -0.15) is 0 Å². The molecule has 1 heteroatoms. The van der Waals surface area contributed by atoms with Gasteiger partial charge in [-0.15, -0.1) is 0 Å². The maximum atomic E-state index is 4.42. The Morgan fingerprint density at radius 2 is 2.00 bits per heavy atom. The molecule has 0 saturated carbocycles. The lowest BCUT2D eigenvalue weighted by Crippen LogP contribution is -1.90. The zero-order chi connectivity index (χ0) is 11.0. The molecule has 0 heterocycles. The molecule has 0 rings (SSSR count). The highest BCUT2D eigenvalue weighted by atomic mass is 14.7. The van der Waals surface area contributed by atoms with Gasteiger partial charge in [0.15, 0.2) is 0 Å². The van der Waals surface area contributed by atoms with Gasteiger partial charge in [-0.1, -0.05) is 38.8 Å². The van der Waals surface area contributed by atoms with Gasteiger partial charge in [0.05, 0.1) is 0 Å². The molecular formula is C13H23N. The molecule has 14 heavy (non-hydrogen) atoms. The molecule has 0 radical (unpaired) electrons. The van der Waals surface area contributed by atoms with E-state index in [1.807, 2.05) is 13.1 Å². The summed E-state index contributed by atoms with van der Waals surface area (Å²) in [6.45, 7) is 10.7. The van der Waals surface area contributed by atoms with E-state index >= 15 is 0 Å². The van der Waals surface area contributed by atoms with Crippen LogP contribution in [0.5, 0.6) is 0 Å². The maximum Gasteiger partial charge on any atom is 0.0386 e. The Kier molecular flexibility index (Phi) is 7.09. The van der Waals surface area contributed by atoms with Crippen LogP contribution in [0.15, 0.2) is 28.4 Å². The van der Waals surface area contributed by atoms with Crippen LogP contribution >= 0.6 is 0 Å². The fourth-order valence-electron chi connectivity index (χ4n) is 1.29. The summed E-state index contributed by atoms with van der Waals surface area (Å²) in [4.78, 5) is 4.42. The third kappa shape index (κ3) is 5.74. The van der Waals surface area contributed by atoms with Crippen LogP contribution in [-0.4, -0.2) is 6.21 Å². The van der Waals surface area contributed by atoms with Crippen molar-refractivity contribution < 1.29 is 0 Å². The number of hydrogen-bond donors (Lipinski definition) is 0. The minimum absolute atomic E-state index is 0.510. The van der Waals surface area contributed by atoms with E-state index in [1.54, 1.807) is 0 Å². The molecule has 0 unspecified atom stereocenters. The van der Waals surface area contributed by atoms with Gasteiger partial charge in [0.1, 0.15) is 0 Å². The maximum absolute atomic E-state index is 4.42. The summed E-state index contributed by atoms with van der Waals surface area (Å²) in [7, 11) is 0. The summed E-state index contributed by atoms with van der Waals surface area (Å²) in [6.07, 6.45) is 8.47. The molecule has 0 aliphatic carbocycles. The monoisotopic (exact) mass is 193 g/mol. The van der Waals surface area contributed by atoms with Crippen LogP contribution in [0.3, 0.4) is 0 Å². The molecule has 0 aromatic rings. The van der Waals surface area contributed by atoms with E-state index in [4.69, 9.17) is 0 Å². The first-order chi connectivity index (χ1) is 6.61. The lowest BCUT2D eigenvalue weighted by molar-refractivity contribution is 0.757. The number of allylic oxidation sites excluding steroid dienone is 4. The summed E-state index contributed by atoms with van der Waals surface area (Å²) in [5.74, 6) is 0.510. The number of aliphatic imine (C=N–C) groups is 1. The van der Waals surface area contributed by atoms with Gasteiger partial charge in [-0.3, -0.25) is 4.99 Å². The van der Waals surface area contributed by atoms with Gasteiger partial charge in [-0.05, 0) is 32.3 Å². The highest BCUT2D eigenvalue weighted by molar-refractivity contribution is 5.73. The van der Waals surface area contributed by atoms with Crippen LogP contribution in [0.25, 0.3) is 0 Å². The van der Waals surface area contributed by atoms with E-state index in [0.29, 0.717) is 5.92 Å². The van der Waals surface area contributed by atoms with Gasteiger partial charge >= 0.3 is 0 Å². The standard InChI is InChI=1S/C13H23N/c1-6-8-12(5)9-10-14-13(7-2)11(3)4/h7,9-11H,6,8H2,1-5H3/b12-9+,13-7-,14-10+. The Morgan fingerprint density at radius 1 is 1.36 bits per heavy atom. The van der Waals surface area contributed by atoms with Crippen molar-refractivity contribution in [3.8, 4) is 0 Å². The molecule has 0 saturated heterocycles. The van der Waals surface area contributed by atoms with E-state index in [9.17, 15) is 0 Å². The molecule has 0 N–H and O–H groups in total. The van der Waals surface area contributed by atoms with Crippen molar-refractivity contribution in [2.24, 2.45) is 10.9 Å². The number of hydrogen-bond acceptors (Lipinski definition) is 1. The molecule has 0 aromatic carbocycles. The Bertz CT molecular complexity index is 232. The van der Waals surface area contributed by atoms with E-state index in [2.05, 4.69) is 44.8 Å². The van der Waals surface area contributed by atoms with E-state index < -0.39 is 0 Å². The van der Waals surface area contributed by atoms with Gasteiger partial charge in [0.2, 0.25) is 0 Å². The van der Waals surface area contributed by atoms with Crippen molar-refractivity contribution in [2.75, 3.05) is 0 Å². The Balaban J connectivity index is 4.23. The van der Waals surface area contributed by atoms with E-state index in [1.165, 1.54) is 18.4 Å². The molecule has 80 valence electrons. The molecule has 0 aliphatic heterocycles. The average molecular weight is 193 g/mol. The Hall–Kier alpha value is -0.850. The molecular weight excluding hydrogens is 170 g/mol. The molecule has 0 aliphatic rings. The van der Waals surface area contributed by atoms with Gasteiger partial charge in [0.25, 0.3) is 0 Å². The second kappa shape index (κ2) is 7.54. The van der Waals surface area contributed by atoms with Crippen molar-refractivity contribution in [3.05, 3.63) is 23.4 Å². The third-order valence-electron chi connectivity index (χ3n) is 2.11. The highest BCUT2D eigenvalue weighted by Gasteiger charge is 1.96. The molecule has 1 nitrogen and oxygen atoms in total. The van der Waals surface area contributed by atoms with Gasteiger partial charge in [-0.25, -0.2) is 0 Å². The average Bonchev–Trinajstić information content (AvgIpc) is 2.12. The van der Waals surface area contributed by atoms with Crippen LogP contribution in [-0.2, 0) is 0 Å². The van der Waals surface area contributed by atoms with E-state index in [-0.39, 0.29) is 0 Å². The predicted octanol–water partition coefficient (Wildman–Crippen LogP) is 4.36. The third-order valence-corrected chi connectivity index (χ3v) is 2.11. The molecule has 0 atom stereocenters. The van der Waals surface area contributed by atoms with Gasteiger partial charge in [0, 0.05) is 11.9 Å². The van der Waals surface area contributed by atoms with Crippen molar-refractivity contribution in [3.63, 3.8) is 0 Å². The van der Waals surface area contributed by atoms with Crippen LogP contribution in [0.2, 0.25) is 0 Å². The van der Waals surface area contributed by atoms with Crippen molar-refractivity contribution in [1.29, 1.82) is 0 Å². The van der Waals surface area contributed by atoms with Crippen molar-refractivity contribution in [1.82, 2.24) is 0 Å². The first kappa shape index (κ1) is 13.2. The quantitative estimate of drug-likeness (QED) is 0.575. The predicted molar refractivity (Wildman–Crippen MR) is 65.8 cm³/mol. The van der Waals surface area contributed by atoms with Crippen molar-refractivity contribution >= 4 is 6.21 Å². The first-order valence-corrected chi connectivity index (χ1v) is 5.47. The minimum atomic E-state index is 0.510. The van der Waals surface area contributed by atoms with Crippen LogP contribution in [0.4, 0.5) is 0 Å². The van der Waals surface area contributed by atoms with E-state index in [0.717, 1.165) is 5.70 Å². The lowest BCUT2D eigenvalue weighted by Gasteiger charge is -2.03. The summed E-state index contributed by atoms with van der Waals surface area (Å²) >= 11 is 0. The lowest BCUT2D eigenvalue weighted by atomic mass is 10.1. The smallest absolute Gasteiger partial charge is 0.0386 e. The normalized spacial score (nSPS) is 14.4. The van der Waals surface area contributed by atoms with Crippen LogP contribution in [0, 0.1) is 5.92 Å². The fourth-order valence-corrected chi connectivity index (χ4v) is 1.29. The zero-order valence-electron chi connectivity index (χ0n) is 10.2. The van der Waals surface area contributed by atoms with Crippen LogP contribution < -0.4 is 0 Å². The topological polar surface area (TPSA) is 12.4 Å². The van der Waals surface area contributed by atoms with Crippen molar-refractivity contribution in [2.45, 2.75) is 47.5 Å². The van der Waals surface area contributed by atoms with Crippen LogP contribution in [0.1, 0.15) is 47.5 Å². The zero-order valence-corrected chi connectivity index (χ0v) is 10.2. The van der Waals surface area contributed by atoms with Gasteiger partial charge < -0.3 is 0 Å². The summed E-state index contributed by atoms with van der Waals surface area (Å²) in [5, 5.41) is 0. The molecule has 0 spiro atoms. The fraction of sp³-hybridized carbons (Fsp3) is 0.615. The summed E-state index contributed by atoms with van der Waals surface area (Å²) in [5.41, 5.74) is 2.56. The Morgan fingerprint density at radius 3 is 2.43 bits per heavy atom. The highest BCUT2D eigenvalue weighted by Crippen LogP contribution is 2.10. The largest absolute Gasteiger partial charge is 0.261 e. The minimum Gasteiger partial charge on any atom is -0.261 e.